The SMILES string of the molecule is Cc1ccccc1C(C)NC(=O)c1cccc(CS(=O)(=O)c2ccccc2)c1. The van der Waals surface area contributed by atoms with Crippen molar-refractivity contribution in [3.8, 4) is 0 Å². The third-order valence-electron chi connectivity index (χ3n) is 4.65. The van der Waals surface area contributed by atoms with Crippen LogP contribution in [0.2, 0.25) is 0 Å². The first-order chi connectivity index (χ1) is 13.4. The lowest BCUT2D eigenvalue weighted by atomic mass is 10.0. The minimum absolute atomic E-state index is 0.147. The number of amides is 1. The maximum atomic E-state index is 12.7. The van der Waals surface area contributed by atoms with Gasteiger partial charge in [0.05, 0.1) is 16.7 Å². The molecule has 0 saturated heterocycles. The van der Waals surface area contributed by atoms with Gasteiger partial charge < -0.3 is 5.32 Å². The van der Waals surface area contributed by atoms with Crippen molar-refractivity contribution in [2.24, 2.45) is 0 Å². The monoisotopic (exact) mass is 393 g/mol. The average Bonchev–Trinajstić information content (AvgIpc) is 2.69. The van der Waals surface area contributed by atoms with E-state index in [0.29, 0.717) is 11.1 Å². The van der Waals surface area contributed by atoms with Crippen LogP contribution in [0.3, 0.4) is 0 Å². The number of hydrogen-bond acceptors (Lipinski definition) is 3. The lowest BCUT2D eigenvalue weighted by Crippen LogP contribution is -2.27. The van der Waals surface area contributed by atoms with E-state index in [9.17, 15) is 13.2 Å². The van der Waals surface area contributed by atoms with E-state index in [1.807, 2.05) is 38.1 Å². The van der Waals surface area contributed by atoms with Crippen LogP contribution in [0.15, 0.2) is 83.8 Å². The molecule has 0 radical (unpaired) electrons. The Morgan fingerprint density at radius 3 is 2.32 bits per heavy atom. The van der Waals surface area contributed by atoms with Gasteiger partial charge in [0, 0.05) is 5.56 Å². The molecule has 0 aliphatic rings. The van der Waals surface area contributed by atoms with Crippen LogP contribution in [0.1, 0.15) is 40.0 Å². The summed E-state index contributed by atoms with van der Waals surface area (Å²) in [6.07, 6.45) is 0. The van der Waals surface area contributed by atoms with Crippen LogP contribution in [0.5, 0.6) is 0 Å². The quantitative estimate of drug-likeness (QED) is 0.672. The predicted octanol–water partition coefficient (Wildman–Crippen LogP) is 4.46. The molecule has 3 rings (SSSR count). The molecule has 0 spiro atoms. The highest BCUT2D eigenvalue weighted by Gasteiger charge is 2.17. The van der Waals surface area contributed by atoms with Crippen LogP contribution < -0.4 is 5.32 Å². The molecule has 0 aliphatic heterocycles. The first kappa shape index (κ1) is 19.8. The molecule has 144 valence electrons. The zero-order chi connectivity index (χ0) is 20.1. The predicted molar refractivity (Wildman–Crippen MR) is 111 cm³/mol. The van der Waals surface area contributed by atoms with E-state index in [4.69, 9.17) is 0 Å². The highest BCUT2D eigenvalue weighted by Crippen LogP contribution is 2.19. The molecular formula is C23H23NO3S. The smallest absolute Gasteiger partial charge is 0.251 e. The number of rotatable bonds is 6. The topological polar surface area (TPSA) is 63.2 Å². The minimum Gasteiger partial charge on any atom is -0.346 e. The summed E-state index contributed by atoms with van der Waals surface area (Å²) in [5.41, 5.74) is 3.19. The number of nitrogens with one attached hydrogen (secondary N) is 1. The van der Waals surface area contributed by atoms with Gasteiger partial charge in [0.1, 0.15) is 0 Å². The number of carbonyl (C=O) groups is 1. The number of sulfone groups is 1. The van der Waals surface area contributed by atoms with Crippen molar-refractivity contribution in [1.29, 1.82) is 0 Å². The van der Waals surface area contributed by atoms with Crippen molar-refractivity contribution < 1.29 is 13.2 Å². The molecule has 0 fully saturated rings. The van der Waals surface area contributed by atoms with Crippen molar-refractivity contribution in [3.05, 3.63) is 101 Å². The molecule has 3 aromatic rings. The summed E-state index contributed by atoms with van der Waals surface area (Å²) in [6, 6.07) is 22.9. The van der Waals surface area contributed by atoms with E-state index in [-0.39, 0.29) is 22.6 Å². The Balaban J connectivity index is 1.76. The number of benzene rings is 3. The lowest BCUT2D eigenvalue weighted by molar-refractivity contribution is 0.0939. The molecule has 1 N–H and O–H groups in total. The Morgan fingerprint density at radius 2 is 1.61 bits per heavy atom. The molecule has 0 aromatic heterocycles. The highest BCUT2D eigenvalue weighted by molar-refractivity contribution is 7.90. The van der Waals surface area contributed by atoms with Crippen LogP contribution in [-0.4, -0.2) is 14.3 Å². The first-order valence-corrected chi connectivity index (χ1v) is 10.8. The van der Waals surface area contributed by atoms with Crippen LogP contribution >= 0.6 is 0 Å². The zero-order valence-corrected chi connectivity index (χ0v) is 16.7. The summed E-state index contributed by atoms with van der Waals surface area (Å²) >= 11 is 0. The fraction of sp³-hybridized carbons (Fsp3) is 0.174. The zero-order valence-electron chi connectivity index (χ0n) is 15.9. The molecule has 3 aromatic carbocycles. The Hall–Kier alpha value is -2.92. The van der Waals surface area contributed by atoms with Gasteiger partial charge >= 0.3 is 0 Å². The van der Waals surface area contributed by atoms with Crippen molar-refractivity contribution in [1.82, 2.24) is 5.32 Å². The molecule has 4 nitrogen and oxygen atoms in total. The van der Waals surface area contributed by atoms with Crippen LogP contribution in [-0.2, 0) is 15.6 Å². The largest absolute Gasteiger partial charge is 0.346 e. The molecule has 28 heavy (non-hydrogen) atoms. The van der Waals surface area contributed by atoms with Crippen molar-refractivity contribution in [3.63, 3.8) is 0 Å². The summed E-state index contributed by atoms with van der Waals surface area (Å²) in [5, 5.41) is 2.99. The number of hydrogen-bond donors (Lipinski definition) is 1. The molecule has 0 bridgehead atoms. The van der Waals surface area contributed by atoms with Crippen LogP contribution in [0.25, 0.3) is 0 Å². The third kappa shape index (κ3) is 4.67. The minimum atomic E-state index is -3.46. The molecule has 0 saturated carbocycles. The lowest BCUT2D eigenvalue weighted by Gasteiger charge is -2.17. The second kappa shape index (κ2) is 8.40. The molecule has 5 heteroatoms. The van der Waals surface area contributed by atoms with Gasteiger partial charge in [-0.05, 0) is 54.8 Å². The molecule has 1 amide bonds. The summed E-state index contributed by atoms with van der Waals surface area (Å²) in [5.74, 6) is -0.374. The van der Waals surface area contributed by atoms with Gasteiger partial charge in [-0.2, -0.15) is 0 Å². The van der Waals surface area contributed by atoms with E-state index < -0.39 is 9.84 Å². The summed E-state index contributed by atoms with van der Waals surface area (Å²) in [6.45, 7) is 3.94. The Bertz CT molecular complexity index is 1080. The maximum absolute atomic E-state index is 12.7. The maximum Gasteiger partial charge on any atom is 0.251 e. The van der Waals surface area contributed by atoms with E-state index >= 15 is 0 Å². The standard InChI is InChI=1S/C23H23NO3S/c1-17-9-6-7-14-22(17)18(2)24-23(25)20-11-8-10-19(15-20)16-28(26,27)21-12-4-3-5-13-21/h3-15,18H,16H2,1-2H3,(H,24,25). The average molecular weight is 394 g/mol. The van der Waals surface area contributed by atoms with Gasteiger partial charge in [-0.25, -0.2) is 8.42 Å². The van der Waals surface area contributed by atoms with E-state index in [0.717, 1.165) is 11.1 Å². The Labute approximate surface area is 166 Å². The third-order valence-corrected chi connectivity index (χ3v) is 6.35. The summed E-state index contributed by atoms with van der Waals surface area (Å²) in [7, 11) is -3.46. The fourth-order valence-electron chi connectivity index (χ4n) is 3.16. The molecule has 1 atom stereocenters. The van der Waals surface area contributed by atoms with Crippen molar-refractivity contribution >= 4 is 15.7 Å². The molecule has 0 aliphatic carbocycles. The molecule has 1 unspecified atom stereocenters. The second-order valence-electron chi connectivity index (χ2n) is 6.82. The Kier molecular flexibility index (Phi) is 5.95. The first-order valence-electron chi connectivity index (χ1n) is 9.10. The highest BCUT2D eigenvalue weighted by atomic mass is 32.2. The van der Waals surface area contributed by atoms with Gasteiger partial charge in [-0.3, -0.25) is 4.79 Å². The van der Waals surface area contributed by atoms with Crippen molar-refractivity contribution in [2.75, 3.05) is 0 Å². The molecular weight excluding hydrogens is 370 g/mol. The van der Waals surface area contributed by atoms with Crippen LogP contribution in [0.4, 0.5) is 0 Å². The summed E-state index contributed by atoms with van der Waals surface area (Å²) < 4.78 is 25.2. The van der Waals surface area contributed by atoms with Gasteiger partial charge in [-0.1, -0.05) is 54.6 Å². The number of carbonyl (C=O) groups excluding carboxylic acids is 1. The normalized spacial score (nSPS) is 12.4. The molecule has 0 heterocycles. The Morgan fingerprint density at radius 1 is 0.929 bits per heavy atom. The van der Waals surface area contributed by atoms with Gasteiger partial charge in [0.15, 0.2) is 9.84 Å². The second-order valence-corrected chi connectivity index (χ2v) is 8.81. The van der Waals surface area contributed by atoms with Crippen molar-refractivity contribution in [2.45, 2.75) is 30.5 Å². The van der Waals surface area contributed by atoms with E-state index in [1.165, 1.54) is 0 Å². The van der Waals surface area contributed by atoms with Gasteiger partial charge in [0.25, 0.3) is 5.91 Å². The van der Waals surface area contributed by atoms with E-state index in [2.05, 4.69) is 5.32 Å². The fourth-order valence-corrected chi connectivity index (χ4v) is 4.52. The van der Waals surface area contributed by atoms with Gasteiger partial charge in [-0.15, -0.1) is 0 Å². The van der Waals surface area contributed by atoms with Gasteiger partial charge in [0.2, 0.25) is 0 Å². The summed E-state index contributed by atoms with van der Waals surface area (Å²) in [4.78, 5) is 12.9. The van der Waals surface area contributed by atoms with E-state index in [1.54, 1.807) is 54.6 Å². The number of aryl methyl sites for hydroxylation is 1. The van der Waals surface area contributed by atoms with Crippen LogP contribution in [0, 0.1) is 6.92 Å².